The van der Waals surface area contributed by atoms with Crippen LogP contribution >= 0.6 is 11.6 Å². The molecule has 0 saturated heterocycles. The molecular formula is C32H40ClN3O4S. The maximum Gasteiger partial charge on any atom is 0.281 e. The highest BCUT2D eigenvalue weighted by Crippen LogP contribution is 2.46. The average Bonchev–Trinajstić information content (AvgIpc) is 3.07. The molecule has 1 amide bonds. The fourth-order valence-corrected chi connectivity index (χ4v) is 9.11. The third-order valence-electron chi connectivity index (χ3n) is 9.73. The van der Waals surface area contributed by atoms with Crippen molar-refractivity contribution in [3.8, 4) is 5.75 Å². The molecule has 6 atom stereocenters. The van der Waals surface area contributed by atoms with Crippen molar-refractivity contribution in [2.45, 2.75) is 75.1 Å². The van der Waals surface area contributed by atoms with Gasteiger partial charge in [0.15, 0.2) is 11.6 Å². The molecular weight excluding hydrogens is 558 g/mol. The fourth-order valence-electron chi connectivity index (χ4n) is 7.28. The highest BCUT2D eigenvalue weighted by atomic mass is 35.5. The average molecular weight is 598 g/mol. The number of carbonyl (C=O) groups excluding carboxylic acids is 1. The molecule has 2 aromatic rings. The number of aromatic nitrogens is 1. The number of ether oxygens (including phenoxy) is 1. The van der Waals surface area contributed by atoms with Crippen molar-refractivity contribution in [3.05, 3.63) is 64.3 Å². The second kappa shape index (κ2) is 11.3. The van der Waals surface area contributed by atoms with Crippen LogP contribution in [0.4, 0.5) is 5.82 Å². The summed E-state index contributed by atoms with van der Waals surface area (Å²) in [5.74, 6) is 5.16. The minimum absolute atomic E-state index is 0.158. The first-order valence-electron chi connectivity index (χ1n) is 14.9. The van der Waals surface area contributed by atoms with Crippen LogP contribution in [-0.4, -0.2) is 57.1 Å². The second-order valence-corrected chi connectivity index (χ2v) is 15.1. The van der Waals surface area contributed by atoms with Gasteiger partial charge in [-0.05, 0) is 104 Å². The fraction of sp³-hybridized carbons (Fsp3) is 0.531. The monoisotopic (exact) mass is 597 g/mol. The summed E-state index contributed by atoms with van der Waals surface area (Å²) in [4.78, 5) is 20.5. The number of halogens is 1. The summed E-state index contributed by atoms with van der Waals surface area (Å²) in [5, 5.41) is 11.6. The summed E-state index contributed by atoms with van der Waals surface area (Å²) < 4.78 is 22.8. The summed E-state index contributed by atoms with van der Waals surface area (Å²) in [6, 6.07) is 9.66. The predicted octanol–water partition coefficient (Wildman–Crippen LogP) is 5.09. The zero-order chi connectivity index (χ0) is 28.8. The Labute approximate surface area is 248 Å². The van der Waals surface area contributed by atoms with E-state index in [1.807, 2.05) is 31.2 Å². The van der Waals surface area contributed by atoms with Gasteiger partial charge in [0.1, 0.15) is 5.69 Å². The van der Waals surface area contributed by atoms with Crippen molar-refractivity contribution in [1.82, 2.24) is 9.71 Å². The summed E-state index contributed by atoms with van der Waals surface area (Å²) in [6.07, 6.45) is 10.3. The predicted molar refractivity (Wildman–Crippen MR) is 165 cm³/mol. The SMILES string of the molecule is C=S1(=O)NC(=O)c2ccc3c(n2)N(C[C@@H]2CC[C@H]2[C@H](O)/C=C/CC[C@H]1CC)C[C@@]1(CCCc2cc(Cl)ccc21)CO3. The molecule has 3 heterocycles. The van der Waals surface area contributed by atoms with E-state index in [4.69, 9.17) is 21.3 Å². The molecule has 7 nitrogen and oxygen atoms in total. The third kappa shape index (κ3) is 5.51. The minimum Gasteiger partial charge on any atom is -0.489 e. The molecule has 1 fully saturated rings. The molecule has 1 saturated carbocycles. The van der Waals surface area contributed by atoms with Gasteiger partial charge >= 0.3 is 0 Å². The number of hydrogen-bond acceptors (Lipinski definition) is 6. The molecule has 2 aliphatic carbocycles. The Bertz CT molecular complexity index is 1460. The van der Waals surface area contributed by atoms with Gasteiger partial charge in [0.05, 0.1) is 22.4 Å². The van der Waals surface area contributed by atoms with E-state index in [1.165, 1.54) is 11.1 Å². The van der Waals surface area contributed by atoms with Crippen molar-refractivity contribution in [2.75, 3.05) is 24.6 Å². The lowest BCUT2D eigenvalue weighted by atomic mass is 9.68. The Kier molecular flexibility index (Phi) is 7.85. The normalized spacial score (nSPS) is 34.3. The lowest BCUT2D eigenvalue weighted by Gasteiger charge is -2.45. The number of rotatable bonds is 1. The van der Waals surface area contributed by atoms with Crippen molar-refractivity contribution in [2.24, 2.45) is 11.8 Å². The number of carbonyl (C=O) groups is 1. The van der Waals surface area contributed by atoms with Crippen LogP contribution in [0.3, 0.4) is 0 Å². The molecule has 0 radical (unpaired) electrons. The molecule has 1 spiro atoms. The number of hydrogen-bond donors (Lipinski definition) is 2. The number of nitrogens with zero attached hydrogens (tertiary/aromatic N) is 2. The first kappa shape index (κ1) is 28.6. The van der Waals surface area contributed by atoms with Gasteiger partial charge in [-0.2, -0.15) is 0 Å². The van der Waals surface area contributed by atoms with Crippen LogP contribution in [0, 0.1) is 11.8 Å². The Morgan fingerprint density at radius 3 is 2.90 bits per heavy atom. The molecule has 1 aromatic heterocycles. The van der Waals surface area contributed by atoms with Crippen molar-refractivity contribution in [3.63, 3.8) is 0 Å². The van der Waals surface area contributed by atoms with E-state index < -0.39 is 21.7 Å². The largest absolute Gasteiger partial charge is 0.489 e. The van der Waals surface area contributed by atoms with Crippen molar-refractivity contribution in [1.29, 1.82) is 0 Å². The van der Waals surface area contributed by atoms with Gasteiger partial charge in [0, 0.05) is 28.8 Å². The summed E-state index contributed by atoms with van der Waals surface area (Å²) in [6.45, 7) is 3.85. The van der Waals surface area contributed by atoms with Gasteiger partial charge < -0.3 is 14.7 Å². The van der Waals surface area contributed by atoms with Gasteiger partial charge in [-0.3, -0.25) is 9.52 Å². The smallest absolute Gasteiger partial charge is 0.281 e. The number of amides is 1. The van der Waals surface area contributed by atoms with Crippen LogP contribution < -0.4 is 14.4 Å². The molecule has 9 heteroatoms. The van der Waals surface area contributed by atoms with E-state index in [9.17, 15) is 14.1 Å². The van der Waals surface area contributed by atoms with Crippen molar-refractivity contribution < 1.29 is 18.8 Å². The van der Waals surface area contributed by atoms with Gasteiger partial charge in [-0.25, -0.2) is 9.19 Å². The minimum atomic E-state index is -2.91. The van der Waals surface area contributed by atoms with E-state index in [0.29, 0.717) is 56.4 Å². The zero-order valence-electron chi connectivity index (χ0n) is 23.7. The van der Waals surface area contributed by atoms with Crippen molar-refractivity contribution >= 4 is 38.9 Å². The van der Waals surface area contributed by atoms with E-state index in [-0.39, 0.29) is 22.3 Å². The number of aryl methyl sites for hydroxylation is 1. The summed E-state index contributed by atoms with van der Waals surface area (Å²) in [5.41, 5.74) is 2.48. The van der Waals surface area contributed by atoms with Crippen LogP contribution in [0.5, 0.6) is 5.75 Å². The number of benzene rings is 1. The second-order valence-electron chi connectivity index (χ2n) is 12.3. The number of allylic oxidation sites excluding steroid dienone is 1. The van der Waals surface area contributed by atoms with Gasteiger partial charge in [-0.15, -0.1) is 0 Å². The van der Waals surface area contributed by atoms with Crippen LogP contribution in [0.15, 0.2) is 42.5 Å². The summed E-state index contributed by atoms with van der Waals surface area (Å²) in [7, 11) is -2.91. The van der Waals surface area contributed by atoms with Crippen LogP contribution in [-0.2, 0) is 21.5 Å². The highest BCUT2D eigenvalue weighted by molar-refractivity contribution is 7.99. The molecule has 4 aliphatic rings. The molecule has 220 valence electrons. The Balaban J connectivity index is 1.42. The van der Waals surface area contributed by atoms with Crippen LogP contribution in [0.2, 0.25) is 5.02 Å². The number of nitrogens with one attached hydrogen (secondary N) is 1. The zero-order valence-corrected chi connectivity index (χ0v) is 25.3. The van der Waals surface area contributed by atoms with E-state index >= 15 is 0 Å². The Morgan fingerprint density at radius 1 is 1.27 bits per heavy atom. The third-order valence-corrected chi connectivity index (χ3v) is 12.1. The van der Waals surface area contributed by atoms with E-state index in [2.05, 4.69) is 27.6 Å². The molecule has 2 bridgehead atoms. The number of aliphatic hydroxyl groups is 1. The highest BCUT2D eigenvalue weighted by Gasteiger charge is 2.44. The Morgan fingerprint density at radius 2 is 2.12 bits per heavy atom. The number of anilines is 1. The number of aliphatic hydroxyl groups excluding tert-OH is 1. The van der Waals surface area contributed by atoms with Gasteiger partial charge in [0.25, 0.3) is 5.91 Å². The number of pyridine rings is 1. The van der Waals surface area contributed by atoms with Crippen LogP contribution in [0.25, 0.3) is 0 Å². The number of fused-ring (bicyclic) bond motifs is 4. The Hall–Kier alpha value is -2.55. The first-order valence-corrected chi connectivity index (χ1v) is 17.1. The standard InChI is InChI=1S/C32H40ClN3O4S/c1-3-24-8-4-5-9-28(37)25-12-10-22(25)18-36-19-32(16-6-7-21-17-23(33)11-13-26(21)32)20-40-29-15-14-27(34-30(29)36)31(38)35-41(24,2)39/h5,9,11,13-15,17,22,24-25,28,37H,2-4,6-8,10,12,16,18-20H2,1H3,(H,35,38,39)/b9-5+/t22-,24+,25+,28+,32-,41?/m0/s1. The van der Waals surface area contributed by atoms with E-state index in [0.717, 1.165) is 37.1 Å². The summed E-state index contributed by atoms with van der Waals surface area (Å²) >= 11 is 6.39. The molecule has 1 unspecified atom stereocenters. The molecule has 6 rings (SSSR count). The van der Waals surface area contributed by atoms with E-state index in [1.54, 1.807) is 6.07 Å². The first-order chi connectivity index (χ1) is 19.7. The molecule has 2 N–H and O–H groups in total. The molecule has 2 aliphatic heterocycles. The maximum absolute atomic E-state index is 13.6. The van der Waals surface area contributed by atoms with Gasteiger partial charge in [-0.1, -0.05) is 36.7 Å². The lowest BCUT2D eigenvalue weighted by Crippen LogP contribution is -2.49. The topological polar surface area (TPSA) is 91.8 Å². The maximum atomic E-state index is 13.6. The lowest BCUT2D eigenvalue weighted by molar-refractivity contribution is 0.0455. The molecule has 1 aromatic carbocycles. The van der Waals surface area contributed by atoms with Crippen LogP contribution in [0.1, 0.15) is 73.5 Å². The van der Waals surface area contributed by atoms with Gasteiger partial charge in [0.2, 0.25) is 0 Å². The quantitative estimate of drug-likeness (QED) is 0.352. The molecule has 41 heavy (non-hydrogen) atoms.